The van der Waals surface area contributed by atoms with Crippen molar-refractivity contribution in [1.82, 2.24) is 0 Å². The van der Waals surface area contributed by atoms with Crippen molar-refractivity contribution in [3.63, 3.8) is 0 Å². The molecule has 1 aliphatic rings. The zero-order valence-corrected chi connectivity index (χ0v) is 10.2. The Bertz CT molecular complexity index is 503. The Morgan fingerprint density at radius 1 is 1.21 bits per heavy atom. The first-order chi connectivity index (χ1) is 8.64. The lowest BCUT2D eigenvalue weighted by molar-refractivity contribution is -0.291. The Kier molecular flexibility index (Phi) is 3.38. The topological polar surface area (TPSA) is 35.2 Å². The lowest BCUT2D eigenvalue weighted by Crippen LogP contribution is -2.46. The molecular weight excluding hydrogens is 293 g/mol. The van der Waals surface area contributed by atoms with Crippen molar-refractivity contribution in [1.29, 1.82) is 0 Å². The molecule has 1 aromatic rings. The molecule has 0 saturated heterocycles. The smallest absolute Gasteiger partial charge is 0.455 e. The molecule has 8 heteroatoms. The summed E-state index contributed by atoms with van der Waals surface area (Å²) >= 11 is 5.70. The van der Waals surface area contributed by atoms with Gasteiger partial charge >= 0.3 is 12.1 Å². The van der Waals surface area contributed by atoms with Crippen LogP contribution in [0.25, 0.3) is 0 Å². The maximum atomic E-state index is 13.3. The van der Waals surface area contributed by atoms with Crippen molar-refractivity contribution in [3.8, 4) is 5.75 Å². The molecule has 0 aliphatic carbocycles. The van der Waals surface area contributed by atoms with Crippen LogP contribution in [-0.2, 0) is 6.42 Å². The summed E-state index contributed by atoms with van der Waals surface area (Å²) in [6.07, 6.45) is -5.34. The van der Waals surface area contributed by atoms with Crippen LogP contribution in [0.4, 0.5) is 22.0 Å². The molecular formula is C11H9ClF5NO. The normalized spacial score (nSPS) is 17.0. The zero-order valence-electron chi connectivity index (χ0n) is 9.40. The van der Waals surface area contributed by atoms with Gasteiger partial charge in [0.25, 0.3) is 0 Å². The van der Waals surface area contributed by atoms with Gasteiger partial charge in [-0.05, 0) is 17.7 Å². The maximum absolute atomic E-state index is 13.3. The van der Waals surface area contributed by atoms with Gasteiger partial charge in [-0.25, -0.2) is 0 Å². The minimum Gasteiger partial charge on any atom is -0.493 e. The first kappa shape index (κ1) is 14.3. The number of hydrogen-bond acceptors (Lipinski definition) is 2. The highest BCUT2D eigenvalue weighted by molar-refractivity contribution is 6.30. The minimum absolute atomic E-state index is 0.0270. The van der Waals surface area contributed by atoms with Crippen LogP contribution < -0.4 is 10.5 Å². The number of halogens is 6. The molecule has 0 saturated carbocycles. The maximum Gasteiger partial charge on any atom is 0.455 e. The molecule has 0 spiro atoms. The summed E-state index contributed by atoms with van der Waals surface area (Å²) in [4.78, 5) is 0. The number of rotatable bonds is 2. The molecule has 0 aromatic heterocycles. The highest BCUT2D eigenvalue weighted by atomic mass is 35.5. The second kappa shape index (κ2) is 4.49. The van der Waals surface area contributed by atoms with Crippen LogP contribution >= 0.6 is 11.6 Å². The van der Waals surface area contributed by atoms with Crippen LogP contribution in [-0.4, -0.2) is 18.7 Å². The van der Waals surface area contributed by atoms with Crippen molar-refractivity contribution in [2.45, 2.75) is 24.6 Å². The standard InChI is InChI=1S/C11H9ClF5NO/c12-6-3-5-1-2-19-8(5)7(4-6)9(18)10(13,14)11(15,16)17/h3-4,9H,1-2,18H2. The Morgan fingerprint density at radius 2 is 1.84 bits per heavy atom. The lowest BCUT2D eigenvalue weighted by Gasteiger charge is -2.27. The van der Waals surface area contributed by atoms with Gasteiger partial charge < -0.3 is 10.5 Å². The second-order valence-electron chi connectivity index (χ2n) is 4.18. The van der Waals surface area contributed by atoms with Gasteiger partial charge in [-0.15, -0.1) is 0 Å². The Labute approximate surface area is 110 Å². The highest BCUT2D eigenvalue weighted by Crippen LogP contribution is 2.47. The van der Waals surface area contributed by atoms with Gasteiger partial charge in [-0.1, -0.05) is 11.6 Å². The molecule has 0 fully saturated rings. The van der Waals surface area contributed by atoms with E-state index in [1.165, 1.54) is 6.07 Å². The predicted octanol–water partition coefficient (Wildman–Crippen LogP) is 3.47. The van der Waals surface area contributed by atoms with Crippen molar-refractivity contribution in [3.05, 3.63) is 28.3 Å². The van der Waals surface area contributed by atoms with Gasteiger partial charge in [-0.3, -0.25) is 0 Å². The van der Waals surface area contributed by atoms with E-state index in [1.54, 1.807) is 0 Å². The summed E-state index contributed by atoms with van der Waals surface area (Å²) in [7, 11) is 0. The van der Waals surface area contributed by atoms with E-state index in [-0.39, 0.29) is 17.4 Å². The number of fused-ring (bicyclic) bond motifs is 1. The summed E-state index contributed by atoms with van der Waals surface area (Å²) < 4.78 is 68.6. The molecule has 0 amide bonds. The van der Waals surface area contributed by atoms with E-state index in [9.17, 15) is 22.0 Å². The third kappa shape index (κ3) is 2.36. The monoisotopic (exact) mass is 301 g/mol. The zero-order chi connectivity index (χ0) is 14.4. The van der Waals surface area contributed by atoms with Crippen molar-refractivity contribution in [2.75, 3.05) is 6.61 Å². The van der Waals surface area contributed by atoms with E-state index >= 15 is 0 Å². The number of benzene rings is 1. The average molecular weight is 302 g/mol. The van der Waals surface area contributed by atoms with E-state index in [0.29, 0.717) is 12.0 Å². The van der Waals surface area contributed by atoms with Crippen LogP contribution in [0.2, 0.25) is 5.02 Å². The Balaban J connectivity index is 2.48. The van der Waals surface area contributed by atoms with Gasteiger partial charge in [0, 0.05) is 17.0 Å². The molecule has 1 aromatic carbocycles. The average Bonchev–Trinajstić information content (AvgIpc) is 2.72. The molecule has 2 rings (SSSR count). The number of hydrogen-bond donors (Lipinski definition) is 1. The molecule has 1 aliphatic heterocycles. The third-order valence-electron chi connectivity index (χ3n) is 2.88. The molecule has 2 N–H and O–H groups in total. The number of ether oxygens (including phenoxy) is 1. The fourth-order valence-electron chi connectivity index (χ4n) is 1.90. The summed E-state index contributed by atoms with van der Waals surface area (Å²) in [5, 5.41) is 0.0488. The summed E-state index contributed by atoms with van der Waals surface area (Å²) in [5.74, 6) is -5.09. The molecule has 19 heavy (non-hydrogen) atoms. The largest absolute Gasteiger partial charge is 0.493 e. The lowest BCUT2D eigenvalue weighted by atomic mass is 9.97. The molecule has 1 heterocycles. The van der Waals surface area contributed by atoms with Crippen molar-refractivity contribution in [2.24, 2.45) is 5.73 Å². The summed E-state index contributed by atoms with van der Waals surface area (Å²) in [6, 6.07) is -0.111. The van der Waals surface area contributed by atoms with Gasteiger partial charge in [-0.2, -0.15) is 22.0 Å². The fourth-order valence-corrected chi connectivity index (χ4v) is 2.15. The van der Waals surface area contributed by atoms with Crippen molar-refractivity contribution >= 4 is 11.6 Å². The Hall–Kier alpha value is -1.08. The molecule has 106 valence electrons. The van der Waals surface area contributed by atoms with Crippen molar-refractivity contribution < 1.29 is 26.7 Å². The van der Waals surface area contributed by atoms with Gasteiger partial charge in [0.2, 0.25) is 0 Å². The van der Waals surface area contributed by atoms with Crippen LogP contribution in [0.15, 0.2) is 12.1 Å². The van der Waals surface area contributed by atoms with E-state index in [4.69, 9.17) is 22.1 Å². The van der Waals surface area contributed by atoms with Gasteiger partial charge in [0.15, 0.2) is 0 Å². The summed E-state index contributed by atoms with van der Waals surface area (Å²) in [6.45, 7) is 0.201. The molecule has 0 radical (unpaired) electrons. The quantitative estimate of drug-likeness (QED) is 0.849. The molecule has 1 unspecified atom stereocenters. The third-order valence-corrected chi connectivity index (χ3v) is 3.10. The van der Waals surface area contributed by atoms with Crippen LogP contribution in [0.5, 0.6) is 5.75 Å². The molecule has 0 bridgehead atoms. The van der Waals surface area contributed by atoms with Gasteiger partial charge in [0.05, 0.1) is 6.61 Å². The minimum atomic E-state index is -5.74. The van der Waals surface area contributed by atoms with E-state index in [2.05, 4.69) is 0 Å². The van der Waals surface area contributed by atoms with E-state index in [0.717, 1.165) is 6.07 Å². The highest BCUT2D eigenvalue weighted by Gasteiger charge is 2.62. The van der Waals surface area contributed by atoms with Gasteiger partial charge in [0.1, 0.15) is 11.8 Å². The Morgan fingerprint density at radius 3 is 2.42 bits per heavy atom. The number of nitrogens with two attached hydrogens (primary N) is 1. The summed E-state index contributed by atoms with van der Waals surface area (Å²) in [5.41, 5.74) is 5.15. The molecule has 1 atom stereocenters. The van der Waals surface area contributed by atoms with E-state index in [1.807, 2.05) is 0 Å². The number of alkyl halides is 5. The first-order valence-corrected chi connectivity index (χ1v) is 5.67. The SMILES string of the molecule is NC(c1cc(Cl)cc2c1OCC2)C(F)(F)C(F)(F)F. The van der Waals surface area contributed by atoms with E-state index < -0.39 is 23.7 Å². The fraction of sp³-hybridized carbons (Fsp3) is 0.455. The molecule has 2 nitrogen and oxygen atoms in total. The van der Waals surface area contributed by atoms with Crippen LogP contribution in [0.3, 0.4) is 0 Å². The second-order valence-corrected chi connectivity index (χ2v) is 4.62. The first-order valence-electron chi connectivity index (χ1n) is 5.30. The predicted molar refractivity (Wildman–Crippen MR) is 58.6 cm³/mol. The van der Waals surface area contributed by atoms with Crippen LogP contribution in [0.1, 0.15) is 17.2 Å². The van der Waals surface area contributed by atoms with Crippen LogP contribution in [0, 0.1) is 0 Å².